The molecule has 0 radical (unpaired) electrons. The molecule has 0 saturated carbocycles. The SMILES string of the molecule is Cc1[nH]ncc1C(=O)NC(CCBr)C(C)(C)C. The van der Waals surface area contributed by atoms with Crippen molar-refractivity contribution in [3.8, 4) is 0 Å². The molecule has 5 heteroatoms. The monoisotopic (exact) mass is 301 g/mol. The van der Waals surface area contributed by atoms with Crippen molar-refractivity contribution < 1.29 is 4.79 Å². The molecule has 1 aromatic rings. The zero-order chi connectivity index (χ0) is 13.1. The Hall–Kier alpha value is -0.840. The third-order valence-corrected chi connectivity index (χ3v) is 3.28. The summed E-state index contributed by atoms with van der Waals surface area (Å²) in [6.07, 6.45) is 2.48. The van der Waals surface area contributed by atoms with E-state index in [4.69, 9.17) is 0 Å². The largest absolute Gasteiger partial charge is 0.349 e. The van der Waals surface area contributed by atoms with Crippen LogP contribution >= 0.6 is 15.9 Å². The van der Waals surface area contributed by atoms with E-state index in [0.717, 1.165) is 17.4 Å². The Morgan fingerprint density at radius 2 is 2.24 bits per heavy atom. The second kappa shape index (κ2) is 5.67. The van der Waals surface area contributed by atoms with Gasteiger partial charge in [-0.05, 0) is 18.8 Å². The van der Waals surface area contributed by atoms with Gasteiger partial charge >= 0.3 is 0 Å². The molecule has 1 amide bonds. The molecule has 0 aromatic carbocycles. The molecule has 1 unspecified atom stereocenters. The highest BCUT2D eigenvalue weighted by Crippen LogP contribution is 2.23. The maximum Gasteiger partial charge on any atom is 0.254 e. The van der Waals surface area contributed by atoms with Crippen molar-refractivity contribution in [3.63, 3.8) is 0 Å². The second-order valence-corrected chi connectivity index (χ2v) is 6.07. The first-order chi connectivity index (χ1) is 7.86. The van der Waals surface area contributed by atoms with Gasteiger partial charge in [-0.1, -0.05) is 36.7 Å². The first-order valence-electron chi connectivity index (χ1n) is 5.73. The molecule has 0 aliphatic carbocycles. The molecule has 0 aliphatic heterocycles. The number of aromatic nitrogens is 2. The van der Waals surface area contributed by atoms with Gasteiger partial charge in [-0.3, -0.25) is 9.89 Å². The highest BCUT2D eigenvalue weighted by molar-refractivity contribution is 9.09. The fourth-order valence-electron chi connectivity index (χ4n) is 1.65. The molecule has 0 saturated heterocycles. The molecule has 1 atom stereocenters. The number of aryl methyl sites for hydroxylation is 1. The first-order valence-corrected chi connectivity index (χ1v) is 6.85. The van der Waals surface area contributed by atoms with E-state index in [9.17, 15) is 4.79 Å². The lowest BCUT2D eigenvalue weighted by Crippen LogP contribution is -2.44. The molecule has 17 heavy (non-hydrogen) atoms. The number of rotatable bonds is 4. The van der Waals surface area contributed by atoms with Crippen molar-refractivity contribution in [3.05, 3.63) is 17.5 Å². The van der Waals surface area contributed by atoms with Gasteiger partial charge in [0.15, 0.2) is 0 Å². The summed E-state index contributed by atoms with van der Waals surface area (Å²) in [7, 11) is 0. The van der Waals surface area contributed by atoms with Crippen molar-refractivity contribution in [2.75, 3.05) is 5.33 Å². The molecule has 96 valence electrons. The van der Waals surface area contributed by atoms with Gasteiger partial charge < -0.3 is 5.32 Å². The van der Waals surface area contributed by atoms with Gasteiger partial charge in [-0.15, -0.1) is 0 Å². The van der Waals surface area contributed by atoms with Gasteiger partial charge in [-0.2, -0.15) is 5.10 Å². The molecule has 0 bridgehead atoms. The van der Waals surface area contributed by atoms with Crippen LogP contribution in [-0.2, 0) is 0 Å². The predicted molar refractivity (Wildman–Crippen MR) is 72.4 cm³/mol. The average Bonchev–Trinajstić information content (AvgIpc) is 2.62. The number of alkyl halides is 1. The zero-order valence-corrected chi connectivity index (χ0v) is 12.4. The molecule has 2 N–H and O–H groups in total. The summed E-state index contributed by atoms with van der Waals surface area (Å²) in [5, 5.41) is 10.6. The van der Waals surface area contributed by atoms with Crippen LogP contribution in [0.15, 0.2) is 6.20 Å². The van der Waals surface area contributed by atoms with Crippen LogP contribution in [0.3, 0.4) is 0 Å². The van der Waals surface area contributed by atoms with E-state index in [1.807, 2.05) is 6.92 Å². The second-order valence-electron chi connectivity index (χ2n) is 5.28. The Kier molecular flexibility index (Phi) is 4.74. The van der Waals surface area contributed by atoms with Gasteiger partial charge in [0, 0.05) is 17.1 Å². The lowest BCUT2D eigenvalue weighted by atomic mass is 9.85. The van der Waals surface area contributed by atoms with Crippen molar-refractivity contribution in [2.45, 2.75) is 40.2 Å². The van der Waals surface area contributed by atoms with Crippen LogP contribution in [0, 0.1) is 12.3 Å². The highest BCUT2D eigenvalue weighted by Gasteiger charge is 2.26. The Labute approximate surface area is 111 Å². The number of halogens is 1. The van der Waals surface area contributed by atoms with Gasteiger partial charge in [0.1, 0.15) is 0 Å². The number of nitrogens with one attached hydrogen (secondary N) is 2. The van der Waals surface area contributed by atoms with Crippen molar-refractivity contribution in [1.82, 2.24) is 15.5 Å². The maximum atomic E-state index is 12.1. The number of carbonyl (C=O) groups is 1. The molecular formula is C12H20BrN3O. The maximum absolute atomic E-state index is 12.1. The van der Waals surface area contributed by atoms with Gasteiger partial charge in [-0.25, -0.2) is 0 Å². The van der Waals surface area contributed by atoms with Crippen LogP contribution in [0.25, 0.3) is 0 Å². The highest BCUT2D eigenvalue weighted by atomic mass is 79.9. The minimum absolute atomic E-state index is 0.0427. The van der Waals surface area contributed by atoms with E-state index >= 15 is 0 Å². The van der Waals surface area contributed by atoms with E-state index in [2.05, 4.69) is 52.2 Å². The molecule has 0 fully saturated rings. The summed E-state index contributed by atoms with van der Waals surface area (Å²) in [5.74, 6) is -0.0582. The fourth-order valence-corrected chi connectivity index (χ4v) is 2.10. The third-order valence-electron chi connectivity index (χ3n) is 2.82. The van der Waals surface area contributed by atoms with E-state index in [0.29, 0.717) is 5.56 Å². The summed E-state index contributed by atoms with van der Waals surface area (Å²) in [6, 6.07) is 0.142. The fraction of sp³-hybridized carbons (Fsp3) is 0.667. The molecule has 1 aromatic heterocycles. The van der Waals surface area contributed by atoms with Crippen molar-refractivity contribution in [1.29, 1.82) is 0 Å². The summed E-state index contributed by atoms with van der Waals surface area (Å²) in [6.45, 7) is 8.23. The predicted octanol–water partition coefficient (Wildman–Crippen LogP) is 2.65. The number of hydrogen-bond acceptors (Lipinski definition) is 2. The van der Waals surface area contributed by atoms with Crippen LogP contribution in [0.2, 0.25) is 0 Å². The Morgan fingerprint density at radius 1 is 1.59 bits per heavy atom. The topological polar surface area (TPSA) is 57.8 Å². The molecule has 0 spiro atoms. The smallest absolute Gasteiger partial charge is 0.254 e. The zero-order valence-electron chi connectivity index (χ0n) is 10.8. The average molecular weight is 302 g/mol. The molecular weight excluding hydrogens is 282 g/mol. The standard InChI is InChI=1S/C12H20BrN3O/c1-8-9(7-14-16-8)11(17)15-10(5-6-13)12(2,3)4/h7,10H,5-6H2,1-4H3,(H,14,16)(H,15,17). The normalized spacial score (nSPS) is 13.5. The van der Waals surface area contributed by atoms with Crippen molar-refractivity contribution >= 4 is 21.8 Å². The molecule has 0 aliphatic rings. The lowest BCUT2D eigenvalue weighted by molar-refractivity contribution is 0.0900. The van der Waals surface area contributed by atoms with Crippen LogP contribution in [0.4, 0.5) is 0 Å². The number of nitrogens with zero attached hydrogens (tertiary/aromatic N) is 1. The van der Waals surface area contributed by atoms with Crippen LogP contribution in [0.1, 0.15) is 43.2 Å². The van der Waals surface area contributed by atoms with E-state index in [1.165, 1.54) is 0 Å². The summed E-state index contributed by atoms with van der Waals surface area (Å²) in [4.78, 5) is 12.1. The first kappa shape index (κ1) is 14.2. The van der Waals surface area contributed by atoms with Gasteiger partial charge in [0.2, 0.25) is 0 Å². The van der Waals surface area contributed by atoms with Crippen molar-refractivity contribution in [2.24, 2.45) is 5.41 Å². The summed E-state index contributed by atoms with van der Waals surface area (Å²) in [5.41, 5.74) is 1.46. The van der Waals surface area contributed by atoms with Gasteiger partial charge in [0.25, 0.3) is 5.91 Å². The summed E-state index contributed by atoms with van der Waals surface area (Å²) < 4.78 is 0. The number of aromatic amines is 1. The number of carbonyl (C=O) groups excluding carboxylic acids is 1. The molecule has 1 rings (SSSR count). The van der Waals surface area contributed by atoms with Crippen LogP contribution in [0.5, 0.6) is 0 Å². The third kappa shape index (κ3) is 3.84. The lowest BCUT2D eigenvalue weighted by Gasteiger charge is -2.31. The van der Waals surface area contributed by atoms with E-state index in [-0.39, 0.29) is 17.4 Å². The van der Waals surface area contributed by atoms with E-state index < -0.39 is 0 Å². The van der Waals surface area contributed by atoms with Crippen LogP contribution < -0.4 is 5.32 Å². The Morgan fingerprint density at radius 3 is 2.65 bits per heavy atom. The van der Waals surface area contributed by atoms with E-state index in [1.54, 1.807) is 6.20 Å². The van der Waals surface area contributed by atoms with Crippen LogP contribution in [-0.4, -0.2) is 27.5 Å². The van der Waals surface area contributed by atoms with Gasteiger partial charge in [0.05, 0.1) is 11.8 Å². The number of amides is 1. The Bertz CT molecular complexity index is 381. The molecule has 1 heterocycles. The Balaban J connectivity index is 2.75. The molecule has 4 nitrogen and oxygen atoms in total. The quantitative estimate of drug-likeness (QED) is 0.840. The summed E-state index contributed by atoms with van der Waals surface area (Å²) >= 11 is 3.43. The number of hydrogen-bond donors (Lipinski definition) is 2. The minimum Gasteiger partial charge on any atom is -0.349 e. The minimum atomic E-state index is -0.0582. The number of H-pyrrole nitrogens is 1.